The molecular formula is C28H40O10. The van der Waals surface area contributed by atoms with E-state index in [1.165, 1.54) is 18.1 Å². The predicted octanol–water partition coefficient (Wildman–Crippen LogP) is 2.60. The van der Waals surface area contributed by atoms with Crippen LogP contribution in [0.1, 0.15) is 45.7 Å². The number of carbonyl (C=O) groups is 2. The van der Waals surface area contributed by atoms with E-state index in [4.69, 9.17) is 29.9 Å². The highest BCUT2D eigenvalue weighted by Gasteiger charge is 2.23. The van der Waals surface area contributed by atoms with Gasteiger partial charge in [-0.2, -0.15) is 0 Å². The second kappa shape index (κ2) is 17.9. The van der Waals surface area contributed by atoms with Gasteiger partial charge in [0.25, 0.3) is 0 Å². The molecule has 0 amide bonds. The van der Waals surface area contributed by atoms with E-state index in [2.05, 4.69) is 38.1 Å². The highest BCUT2D eigenvalue weighted by molar-refractivity contribution is 5.89. The largest absolute Gasteiger partial charge is 0.491 e. The lowest BCUT2D eigenvalue weighted by Crippen LogP contribution is -2.19. The van der Waals surface area contributed by atoms with Crippen LogP contribution in [0, 0.1) is 0 Å². The van der Waals surface area contributed by atoms with Gasteiger partial charge in [-0.25, -0.2) is 9.59 Å². The van der Waals surface area contributed by atoms with Gasteiger partial charge in [0.05, 0.1) is 24.9 Å². The Morgan fingerprint density at radius 1 is 0.711 bits per heavy atom. The first-order valence-electron chi connectivity index (χ1n) is 11.9. The Bertz CT molecular complexity index is 889. The molecule has 3 atom stereocenters. The number of aliphatic hydroxyl groups is 4. The fourth-order valence-corrected chi connectivity index (χ4v) is 2.68. The molecule has 6 N–H and O–H groups in total. The Morgan fingerprint density at radius 2 is 1.00 bits per heavy atom. The highest BCUT2D eigenvalue weighted by Crippen LogP contribution is 2.33. The average molecular weight is 537 g/mol. The van der Waals surface area contributed by atoms with Gasteiger partial charge in [-0.1, -0.05) is 38.1 Å². The molecule has 10 heteroatoms. The standard InChI is InChI=1S/C21H28O4.C4H4O4.C3H8O2/c1-15(22)13-24-19-9-5-17(6-10-19)21(3,4)18-7-11-20(12-8-18)25-14-16(2)23;5-3(6)1-2-4(7)8;1-3(5)2-4/h5-12,15-16,22-23H,13-14H2,1-4H3;1-2H,(H,5,6)(H,7,8);3-5H,2H2,1H3/b;2-1+;. The van der Waals surface area contributed by atoms with Crippen LogP contribution in [0.3, 0.4) is 0 Å². The van der Waals surface area contributed by atoms with Crippen molar-refractivity contribution in [2.45, 2.75) is 58.3 Å². The van der Waals surface area contributed by atoms with E-state index >= 15 is 0 Å². The maximum atomic E-state index is 9.55. The number of aliphatic hydroxyl groups excluding tert-OH is 4. The Morgan fingerprint density at radius 3 is 1.21 bits per heavy atom. The third kappa shape index (κ3) is 15.6. The number of carboxylic acids is 2. The van der Waals surface area contributed by atoms with E-state index in [0.717, 1.165) is 11.5 Å². The van der Waals surface area contributed by atoms with Crippen LogP contribution in [0.15, 0.2) is 60.7 Å². The van der Waals surface area contributed by atoms with Crippen molar-refractivity contribution in [2.75, 3.05) is 19.8 Å². The van der Waals surface area contributed by atoms with Gasteiger partial charge in [0, 0.05) is 17.6 Å². The minimum Gasteiger partial charge on any atom is -0.491 e. The van der Waals surface area contributed by atoms with Gasteiger partial charge in [-0.15, -0.1) is 0 Å². The maximum absolute atomic E-state index is 9.55. The van der Waals surface area contributed by atoms with Crippen LogP contribution in [-0.4, -0.2) is 80.7 Å². The Labute approximate surface area is 223 Å². The van der Waals surface area contributed by atoms with Crippen LogP contribution in [0.4, 0.5) is 0 Å². The molecule has 38 heavy (non-hydrogen) atoms. The maximum Gasteiger partial charge on any atom is 0.328 e. The summed E-state index contributed by atoms with van der Waals surface area (Å²) >= 11 is 0. The number of benzene rings is 2. The molecule has 10 nitrogen and oxygen atoms in total. The zero-order valence-corrected chi connectivity index (χ0v) is 22.4. The fraction of sp³-hybridized carbons (Fsp3) is 0.429. The average Bonchev–Trinajstić information content (AvgIpc) is 2.86. The van der Waals surface area contributed by atoms with Crippen molar-refractivity contribution in [1.29, 1.82) is 0 Å². The minimum absolute atomic E-state index is 0.139. The summed E-state index contributed by atoms with van der Waals surface area (Å²) in [5, 5.41) is 50.2. The van der Waals surface area contributed by atoms with Gasteiger partial charge in [0.15, 0.2) is 0 Å². The van der Waals surface area contributed by atoms with Gasteiger partial charge in [0.1, 0.15) is 24.7 Å². The molecule has 3 unspecified atom stereocenters. The van der Waals surface area contributed by atoms with E-state index in [1.54, 1.807) is 13.8 Å². The van der Waals surface area contributed by atoms with Crippen molar-refractivity contribution in [3.05, 3.63) is 71.8 Å². The zero-order valence-electron chi connectivity index (χ0n) is 22.4. The second-order valence-electron chi connectivity index (χ2n) is 9.04. The molecule has 2 aromatic rings. The normalized spacial score (nSPS) is 13.2. The molecule has 2 rings (SSSR count). The third-order valence-electron chi connectivity index (χ3n) is 4.77. The summed E-state index contributed by atoms with van der Waals surface area (Å²) in [6.45, 7) is 9.71. The van der Waals surface area contributed by atoms with Crippen molar-refractivity contribution in [3.8, 4) is 11.5 Å². The van der Waals surface area contributed by atoms with Gasteiger partial charge in [0.2, 0.25) is 0 Å². The monoisotopic (exact) mass is 536 g/mol. The molecule has 2 aromatic carbocycles. The molecule has 212 valence electrons. The summed E-state index contributed by atoms with van der Waals surface area (Å²) in [7, 11) is 0. The molecule has 0 spiro atoms. The summed E-state index contributed by atoms with van der Waals surface area (Å²) in [5.41, 5.74) is 2.19. The Balaban J connectivity index is 0.000000871. The molecule has 0 saturated heterocycles. The van der Waals surface area contributed by atoms with E-state index < -0.39 is 30.3 Å². The van der Waals surface area contributed by atoms with Crippen LogP contribution in [0.25, 0.3) is 0 Å². The van der Waals surface area contributed by atoms with Gasteiger partial charge in [-0.3, -0.25) is 0 Å². The Hall–Kier alpha value is -3.44. The van der Waals surface area contributed by atoms with Gasteiger partial charge in [-0.05, 0) is 56.2 Å². The van der Waals surface area contributed by atoms with Crippen LogP contribution in [0.5, 0.6) is 11.5 Å². The summed E-state index contributed by atoms with van der Waals surface area (Å²) in [6.07, 6.45) is -0.406. The predicted molar refractivity (Wildman–Crippen MR) is 143 cm³/mol. The number of aliphatic carboxylic acids is 2. The Kier molecular flexibility index (Phi) is 16.3. The molecule has 0 aliphatic heterocycles. The topological polar surface area (TPSA) is 174 Å². The molecule has 0 fully saturated rings. The molecule has 0 radical (unpaired) electrons. The van der Waals surface area contributed by atoms with E-state index in [9.17, 15) is 19.8 Å². The molecule has 0 aliphatic rings. The van der Waals surface area contributed by atoms with Crippen molar-refractivity contribution >= 4 is 11.9 Å². The zero-order chi connectivity index (χ0) is 29.3. The highest BCUT2D eigenvalue weighted by atomic mass is 16.5. The van der Waals surface area contributed by atoms with Crippen LogP contribution in [0.2, 0.25) is 0 Å². The van der Waals surface area contributed by atoms with Crippen molar-refractivity contribution < 1.29 is 49.7 Å². The summed E-state index contributed by atoms with van der Waals surface area (Å²) in [5.74, 6) is -1.01. The quantitative estimate of drug-likeness (QED) is 0.234. The lowest BCUT2D eigenvalue weighted by atomic mass is 9.78. The molecular weight excluding hydrogens is 496 g/mol. The van der Waals surface area contributed by atoms with E-state index in [0.29, 0.717) is 12.2 Å². The van der Waals surface area contributed by atoms with Gasteiger partial charge < -0.3 is 40.1 Å². The van der Waals surface area contributed by atoms with Gasteiger partial charge >= 0.3 is 11.9 Å². The summed E-state index contributed by atoms with van der Waals surface area (Å²) < 4.78 is 11.0. The van der Waals surface area contributed by atoms with Crippen LogP contribution < -0.4 is 9.47 Å². The molecule has 0 heterocycles. The number of carboxylic acid groups (broad SMARTS) is 2. The first-order valence-corrected chi connectivity index (χ1v) is 11.9. The molecule has 0 bridgehead atoms. The van der Waals surface area contributed by atoms with Crippen LogP contribution >= 0.6 is 0 Å². The number of hydrogen-bond acceptors (Lipinski definition) is 8. The smallest absolute Gasteiger partial charge is 0.328 e. The van der Waals surface area contributed by atoms with Crippen molar-refractivity contribution in [2.24, 2.45) is 0 Å². The first-order chi connectivity index (χ1) is 17.7. The second-order valence-corrected chi connectivity index (χ2v) is 9.04. The third-order valence-corrected chi connectivity index (χ3v) is 4.77. The molecule has 0 saturated carbocycles. The molecule has 0 aliphatic carbocycles. The number of hydrogen-bond donors (Lipinski definition) is 6. The van der Waals surface area contributed by atoms with E-state index in [1.807, 2.05) is 24.3 Å². The number of ether oxygens (including phenoxy) is 2. The first kappa shape index (κ1) is 34.6. The van der Waals surface area contributed by atoms with Crippen LogP contribution in [-0.2, 0) is 15.0 Å². The van der Waals surface area contributed by atoms with Crippen molar-refractivity contribution in [3.63, 3.8) is 0 Å². The lowest BCUT2D eigenvalue weighted by Gasteiger charge is -2.26. The number of rotatable bonds is 11. The van der Waals surface area contributed by atoms with E-state index in [-0.39, 0.29) is 25.2 Å². The summed E-state index contributed by atoms with van der Waals surface area (Å²) in [4.78, 5) is 19.1. The SMILES string of the molecule is CC(O)CO.CC(O)COc1ccc(C(C)(C)c2ccc(OCC(C)O)cc2)cc1.O=C(O)/C=C/C(=O)O. The fourth-order valence-electron chi connectivity index (χ4n) is 2.68. The lowest BCUT2D eigenvalue weighted by molar-refractivity contribution is -0.134. The van der Waals surface area contributed by atoms with Crippen molar-refractivity contribution in [1.82, 2.24) is 0 Å². The minimum atomic E-state index is -1.26. The summed E-state index contributed by atoms with van der Waals surface area (Å²) in [6, 6.07) is 15.9. The molecule has 0 aromatic heterocycles.